The lowest BCUT2D eigenvalue weighted by molar-refractivity contribution is -0.127. The van der Waals surface area contributed by atoms with Gasteiger partial charge in [-0.1, -0.05) is 0 Å². The normalized spacial score (nSPS) is 11.4. The average Bonchev–Trinajstić information content (AvgIpc) is 2.37. The van der Waals surface area contributed by atoms with E-state index in [1.807, 2.05) is 5.32 Å². The third kappa shape index (κ3) is 5.17. The zero-order chi connectivity index (χ0) is 16.0. The van der Waals surface area contributed by atoms with Crippen molar-refractivity contribution < 1.29 is 27.9 Å². The number of hydrogen-bond acceptors (Lipinski definition) is 4. The molecule has 8 heteroatoms. The van der Waals surface area contributed by atoms with Crippen LogP contribution in [0, 0.1) is 11.6 Å². The fourth-order valence-electron chi connectivity index (χ4n) is 1.37. The first kappa shape index (κ1) is 16.5. The van der Waals surface area contributed by atoms with E-state index < -0.39 is 35.6 Å². The van der Waals surface area contributed by atoms with Crippen molar-refractivity contribution in [1.82, 2.24) is 10.6 Å². The Kier molecular flexibility index (Phi) is 5.77. The minimum Gasteiger partial charge on any atom is -0.449 e. The van der Waals surface area contributed by atoms with Gasteiger partial charge in [0.1, 0.15) is 11.6 Å². The summed E-state index contributed by atoms with van der Waals surface area (Å²) in [6.07, 6.45) is -1.30. The van der Waals surface area contributed by atoms with Gasteiger partial charge >= 0.3 is 12.0 Å². The van der Waals surface area contributed by atoms with Crippen LogP contribution in [-0.2, 0) is 9.53 Å². The third-order valence-electron chi connectivity index (χ3n) is 2.33. The number of urea groups is 1. The van der Waals surface area contributed by atoms with Gasteiger partial charge in [-0.2, -0.15) is 0 Å². The Bertz CT molecular complexity index is 543. The molecule has 1 rings (SSSR count). The van der Waals surface area contributed by atoms with E-state index in [2.05, 4.69) is 5.32 Å². The minimum atomic E-state index is -1.30. The molecule has 3 amide bonds. The standard InChI is InChI=1S/C13H14F2N2O4/c1-3-16-13(20)17-11(18)7(2)21-12(19)8-4-9(14)6-10(15)5-8/h4-7H,3H2,1-2H3,(H2,16,17,18,20). The quantitative estimate of drug-likeness (QED) is 0.822. The summed E-state index contributed by atoms with van der Waals surface area (Å²) in [7, 11) is 0. The second kappa shape index (κ2) is 7.32. The molecule has 0 aromatic heterocycles. The molecule has 6 nitrogen and oxygen atoms in total. The molecule has 0 spiro atoms. The molecule has 0 bridgehead atoms. The molecule has 1 aromatic rings. The van der Waals surface area contributed by atoms with Crippen LogP contribution < -0.4 is 10.6 Å². The second-order valence-corrected chi connectivity index (χ2v) is 4.05. The van der Waals surface area contributed by atoms with Gasteiger partial charge in [-0.3, -0.25) is 10.1 Å². The molecule has 1 aromatic carbocycles. The highest BCUT2D eigenvalue weighted by atomic mass is 19.1. The van der Waals surface area contributed by atoms with Crippen molar-refractivity contribution in [2.24, 2.45) is 0 Å². The van der Waals surface area contributed by atoms with Crippen molar-refractivity contribution >= 4 is 17.9 Å². The van der Waals surface area contributed by atoms with Gasteiger partial charge < -0.3 is 10.1 Å². The number of benzene rings is 1. The van der Waals surface area contributed by atoms with Crippen LogP contribution in [0.25, 0.3) is 0 Å². The number of esters is 1. The van der Waals surface area contributed by atoms with E-state index in [-0.39, 0.29) is 5.56 Å². The lowest BCUT2D eigenvalue weighted by atomic mass is 10.2. The zero-order valence-electron chi connectivity index (χ0n) is 11.4. The van der Waals surface area contributed by atoms with Crippen LogP contribution in [0.15, 0.2) is 18.2 Å². The van der Waals surface area contributed by atoms with Crippen LogP contribution in [0.3, 0.4) is 0 Å². The number of carbonyl (C=O) groups is 3. The Labute approximate surface area is 119 Å². The van der Waals surface area contributed by atoms with Crippen molar-refractivity contribution in [3.05, 3.63) is 35.4 Å². The number of halogens is 2. The Morgan fingerprint density at radius 2 is 1.76 bits per heavy atom. The molecule has 21 heavy (non-hydrogen) atoms. The molecule has 0 aliphatic carbocycles. The van der Waals surface area contributed by atoms with Crippen molar-refractivity contribution in [3.63, 3.8) is 0 Å². The molecule has 114 valence electrons. The maximum atomic E-state index is 13.0. The van der Waals surface area contributed by atoms with E-state index >= 15 is 0 Å². The van der Waals surface area contributed by atoms with E-state index in [0.29, 0.717) is 12.6 Å². The number of rotatable bonds is 4. The number of nitrogens with one attached hydrogen (secondary N) is 2. The molecule has 0 aliphatic rings. The van der Waals surface area contributed by atoms with Gasteiger partial charge in [-0.25, -0.2) is 18.4 Å². The van der Waals surface area contributed by atoms with Gasteiger partial charge in [0.05, 0.1) is 5.56 Å². The predicted octanol–water partition coefficient (Wildman–Crippen LogP) is 1.36. The van der Waals surface area contributed by atoms with Gasteiger partial charge in [-0.15, -0.1) is 0 Å². The first-order valence-corrected chi connectivity index (χ1v) is 6.09. The lowest BCUT2D eigenvalue weighted by Gasteiger charge is -2.13. The van der Waals surface area contributed by atoms with Crippen LogP contribution >= 0.6 is 0 Å². The fraction of sp³-hybridized carbons (Fsp3) is 0.308. The highest BCUT2D eigenvalue weighted by molar-refractivity contribution is 5.98. The van der Waals surface area contributed by atoms with E-state index in [4.69, 9.17) is 4.74 Å². The van der Waals surface area contributed by atoms with E-state index in [0.717, 1.165) is 12.1 Å². The molecule has 1 atom stereocenters. The number of carbonyl (C=O) groups excluding carboxylic acids is 3. The highest BCUT2D eigenvalue weighted by Gasteiger charge is 2.21. The topological polar surface area (TPSA) is 84.5 Å². The zero-order valence-corrected chi connectivity index (χ0v) is 11.4. The summed E-state index contributed by atoms with van der Waals surface area (Å²) in [6.45, 7) is 3.20. The van der Waals surface area contributed by atoms with Crippen molar-refractivity contribution in [1.29, 1.82) is 0 Å². The first-order valence-electron chi connectivity index (χ1n) is 6.09. The van der Waals surface area contributed by atoms with E-state index in [1.54, 1.807) is 6.92 Å². The third-order valence-corrected chi connectivity index (χ3v) is 2.33. The molecule has 0 fully saturated rings. The molecule has 0 radical (unpaired) electrons. The van der Waals surface area contributed by atoms with Crippen LogP contribution in [0.4, 0.5) is 13.6 Å². The van der Waals surface area contributed by atoms with E-state index in [9.17, 15) is 23.2 Å². The van der Waals surface area contributed by atoms with Crippen LogP contribution in [-0.4, -0.2) is 30.6 Å². The van der Waals surface area contributed by atoms with Gasteiger partial charge in [-0.05, 0) is 26.0 Å². The second-order valence-electron chi connectivity index (χ2n) is 4.05. The van der Waals surface area contributed by atoms with Crippen LogP contribution in [0.1, 0.15) is 24.2 Å². The van der Waals surface area contributed by atoms with Gasteiger partial charge in [0.25, 0.3) is 5.91 Å². The van der Waals surface area contributed by atoms with E-state index in [1.165, 1.54) is 6.92 Å². The number of amides is 3. The number of hydrogen-bond donors (Lipinski definition) is 2. The molecule has 1 unspecified atom stereocenters. The van der Waals surface area contributed by atoms with Crippen LogP contribution in [0.2, 0.25) is 0 Å². The smallest absolute Gasteiger partial charge is 0.339 e. The van der Waals surface area contributed by atoms with Gasteiger partial charge in [0.15, 0.2) is 6.10 Å². The minimum absolute atomic E-state index is 0.315. The fourth-order valence-corrected chi connectivity index (χ4v) is 1.37. The maximum absolute atomic E-state index is 13.0. The molecule has 0 saturated heterocycles. The number of ether oxygens (including phenoxy) is 1. The largest absolute Gasteiger partial charge is 0.449 e. The molecule has 0 aliphatic heterocycles. The maximum Gasteiger partial charge on any atom is 0.339 e. The molecule has 2 N–H and O–H groups in total. The average molecular weight is 300 g/mol. The van der Waals surface area contributed by atoms with Crippen molar-refractivity contribution in [2.75, 3.05) is 6.54 Å². The summed E-state index contributed by atoms with van der Waals surface area (Å²) < 4.78 is 30.6. The predicted molar refractivity (Wildman–Crippen MR) is 68.5 cm³/mol. The summed E-state index contributed by atoms with van der Waals surface area (Å²) in [5, 5.41) is 4.27. The monoisotopic (exact) mass is 300 g/mol. The summed E-state index contributed by atoms with van der Waals surface area (Å²) in [5.41, 5.74) is -0.370. The molecular weight excluding hydrogens is 286 g/mol. The Hall–Kier alpha value is -2.51. The SMILES string of the molecule is CCNC(=O)NC(=O)C(C)OC(=O)c1cc(F)cc(F)c1. The molecular formula is C13H14F2N2O4. The van der Waals surface area contributed by atoms with Crippen molar-refractivity contribution in [2.45, 2.75) is 20.0 Å². The van der Waals surface area contributed by atoms with Gasteiger partial charge in [0.2, 0.25) is 0 Å². The Balaban J connectivity index is 2.65. The number of imide groups is 1. The Morgan fingerprint density at radius 1 is 1.19 bits per heavy atom. The molecule has 0 heterocycles. The van der Waals surface area contributed by atoms with Crippen molar-refractivity contribution in [3.8, 4) is 0 Å². The van der Waals surface area contributed by atoms with Crippen LogP contribution in [0.5, 0.6) is 0 Å². The summed E-state index contributed by atoms with van der Waals surface area (Å²) in [4.78, 5) is 34.3. The molecule has 0 saturated carbocycles. The lowest BCUT2D eigenvalue weighted by Crippen LogP contribution is -2.44. The Morgan fingerprint density at radius 3 is 2.29 bits per heavy atom. The van der Waals surface area contributed by atoms with Gasteiger partial charge in [0, 0.05) is 12.6 Å². The first-order chi connectivity index (χ1) is 9.83. The highest BCUT2D eigenvalue weighted by Crippen LogP contribution is 2.10. The summed E-state index contributed by atoms with van der Waals surface area (Å²) in [6, 6.07) is 1.42. The summed E-state index contributed by atoms with van der Waals surface area (Å²) >= 11 is 0. The summed E-state index contributed by atoms with van der Waals surface area (Å²) in [5.74, 6) is -3.82.